The van der Waals surface area contributed by atoms with E-state index in [1.165, 1.54) is 11.1 Å². The summed E-state index contributed by atoms with van der Waals surface area (Å²) in [5, 5.41) is 3.34. The second-order valence-electron chi connectivity index (χ2n) is 3.61. The first kappa shape index (κ1) is 10.7. The standard InChI is InChI=1S/C12H14N4/c1-10-6-13-4-2-11(10)7-15-8-12-3-5-14-9-16-12/h2-6,9,15H,7-8H2,1H3. The second-order valence-corrected chi connectivity index (χ2v) is 3.61. The van der Waals surface area contributed by atoms with E-state index in [-0.39, 0.29) is 0 Å². The van der Waals surface area contributed by atoms with Crippen LogP contribution in [-0.2, 0) is 13.1 Å². The second kappa shape index (κ2) is 5.32. The summed E-state index contributed by atoms with van der Waals surface area (Å²) in [4.78, 5) is 12.1. The SMILES string of the molecule is Cc1cnccc1CNCc1ccncn1. The van der Waals surface area contributed by atoms with Crippen LogP contribution in [0.15, 0.2) is 37.1 Å². The average Bonchev–Trinajstić information content (AvgIpc) is 2.33. The lowest BCUT2D eigenvalue weighted by atomic mass is 10.1. The molecule has 0 unspecified atom stereocenters. The first-order chi connectivity index (χ1) is 7.86. The Balaban J connectivity index is 1.87. The minimum absolute atomic E-state index is 0.754. The van der Waals surface area contributed by atoms with Crippen LogP contribution in [0.1, 0.15) is 16.8 Å². The fraction of sp³-hybridized carbons (Fsp3) is 0.250. The molecular weight excluding hydrogens is 200 g/mol. The quantitative estimate of drug-likeness (QED) is 0.837. The predicted molar refractivity (Wildman–Crippen MR) is 61.5 cm³/mol. The van der Waals surface area contributed by atoms with E-state index in [1.54, 1.807) is 12.5 Å². The minimum atomic E-state index is 0.754. The van der Waals surface area contributed by atoms with E-state index in [4.69, 9.17) is 0 Å². The van der Waals surface area contributed by atoms with Crippen molar-refractivity contribution in [2.24, 2.45) is 0 Å². The minimum Gasteiger partial charge on any atom is -0.307 e. The molecule has 0 bridgehead atoms. The van der Waals surface area contributed by atoms with Crippen molar-refractivity contribution in [3.63, 3.8) is 0 Å². The molecule has 0 spiro atoms. The molecule has 0 fully saturated rings. The number of hydrogen-bond acceptors (Lipinski definition) is 4. The van der Waals surface area contributed by atoms with Gasteiger partial charge in [-0.3, -0.25) is 4.98 Å². The molecule has 16 heavy (non-hydrogen) atoms. The van der Waals surface area contributed by atoms with E-state index >= 15 is 0 Å². The third-order valence-electron chi connectivity index (χ3n) is 2.40. The summed E-state index contributed by atoms with van der Waals surface area (Å²) in [6.45, 7) is 3.65. The van der Waals surface area contributed by atoms with Gasteiger partial charge in [0.1, 0.15) is 6.33 Å². The first-order valence-corrected chi connectivity index (χ1v) is 5.21. The molecule has 0 amide bonds. The van der Waals surface area contributed by atoms with Crippen LogP contribution in [0.3, 0.4) is 0 Å². The third kappa shape index (κ3) is 2.84. The fourth-order valence-corrected chi connectivity index (χ4v) is 1.45. The number of nitrogens with zero attached hydrogens (tertiary/aromatic N) is 3. The molecule has 2 aromatic heterocycles. The van der Waals surface area contributed by atoms with E-state index < -0.39 is 0 Å². The molecule has 2 aromatic rings. The molecule has 0 atom stereocenters. The average molecular weight is 214 g/mol. The van der Waals surface area contributed by atoms with Crippen LogP contribution in [0.2, 0.25) is 0 Å². The monoisotopic (exact) mass is 214 g/mol. The Kier molecular flexibility index (Phi) is 3.56. The van der Waals surface area contributed by atoms with Crippen LogP contribution in [0.5, 0.6) is 0 Å². The lowest BCUT2D eigenvalue weighted by Gasteiger charge is -2.06. The van der Waals surface area contributed by atoms with Gasteiger partial charge in [-0.2, -0.15) is 0 Å². The van der Waals surface area contributed by atoms with Crippen molar-refractivity contribution in [3.05, 3.63) is 53.9 Å². The van der Waals surface area contributed by atoms with Crippen molar-refractivity contribution < 1.29 is 0 Å². The van der Waals surface area contributed by atoms with Crippen molar-refractivity contribution in [2.45, 2.75) is 20.0 Å². The van der Waals surface area contributed by atoms with Crippen LogP contribution >= 0.6 is 0 Å². The molecule has 0 aromatic carbocycles. The molecule has 4 nitrogen and oxygen atoms in total. The zero-order chi connectivity index (χ0) is 11.2. The summed E-state index contributed by atoms with van der Waals surface area (Å²) in [5.41, 5.74) is 3.48. The maximum absolute atomic E-state index is 4.15. The van der Waals surface area contributed by atoms with E-state index in [0.717, 1.165) is 18.8 Å². The lowest BCUT2D eigenvalue weighted by Crippen LogP contribution is -2.14. The molecule has 0 saturated carbocycles. The van der Waals surface area contributed by atoms with Gasteiger partial charge in [-0.05, 0) is 30.2 Å². The number of rotatable bonds is 4. The summed E-state index contributed by atoms with van der Waals surface area (Å²) in [6.07, 6.45) is 7.01. The Bertz CT molecular complexity index is 442. The van der Waals surface area contributed by atoms with Gasteiger partial charge in [-0.25, -0.2) is 9.97 Å². The largest absolute Gasteiger partial charge is 0.307 e. The highest BCUT2D eigenvalue weighted by molar-refractivity contribution is 5.21. The molecule has 2 heterocycles. The molecule has 4 heteroatoms. The highest BCUT2D eigenvalue weighted by Gasteiger charge is 1.97. The Labute approximate surface area is 94.8 Å². The van der Waals surface area contributed by atoms with Crippen LogP contribution in [-0.4, -0.2) is 15.0 Å². The van der Waals surface area contributed by atoms with Crippen molar-refractivity contribution in [3.8, 4) is 0 Å². The van der Waals surface area contributed by atoms with Gasteiger partial charge in [0, 0.05) is 31.7 Å². The molecule has 0 aliphatic rings. The Hall–Kier alpha value is -1.81. The molecule has 0 radical (unpaired) electrons. The zero-order valence-corrected chi connectivity index (χ0v) is 9.22. The Morgan fingerprint density at radius 2 is 2.00 bits per heavy atom. The van der Waals surface area contributed by atoms with Crippen molar-refractivity contribution in [2.75, 3.05) is 0 Å². The molecular formula is C12H14N4. The van der Waals surface area contributed by atoms with Crippen LogP contribution < -0.4 is 5.32 Å². The van der Waals surface area contributed by atoms with Crippen LogP contribution in [0.25, 0.3) is 0 Å². The first-order valence-electron chi connectivity index (χ1n) is 5.21. The van der Waals surface area contributed by atoms with Gasteiger partial charge in [0.05, 0.1) is 5.69 Å². The topological polar surface area (TPSA) is 50.7 Å². The molecule has 82 valence electrons. The Morgan fingerprint density at radius 3 is 2.75 bits per heavy atom. The fourth-order valence-electron chi connectivity index (χ4n) is 1.45. The number of aryl methyl sites for hydroxylation is 1. The van der Waals surface area contributed by atoms with E-state index in [1.807, 2.05) is 24.5 Å². The van der Waals surface area contributed by atoms with Gasteiger partial charge in [-0.15, -0.1) is 0 Å². The molecule has 0 saturated heterocycles. The predicted octanol–water partition coefficient (Wildman–Crippen LogP) is 1.47. The Morgan fingerprint density at radius 1 is 1.12 bits per heavy atom. The zero-order valence-electron chi connectivity index (χ0n) is 9.22. The molecule has 0 aliphatic carbocycles. The highest BCUT2D eigenvalue weighted by Crippen LogP contribution is 2.04. The maximum Gasteiger partial charge on any atom is 0.115 e. The lowest BCUT2D eigenvalue weighted by molar-refractivity contribution is 0.674. The van der Waals surface area contributed by atoms with Gasteiger partial charge < -0.3 is 5.32 Å². The van der Waals surface area contributed by atoms with E-state index in [0.29, 0.717) is 0 Å². The molecule has 1 N–H and O–H groups in total. The van der Waals surface area contributed by atoms with Gasteiger partial charge in [0.2, 0.25) is 0 Å². The number of pyridine rings is 1. The van der Waals surface area contributed by atoms with Crippen molar-refractivity contribution in [1.82, 2.24) is 20.3 Å². The van der Waals surface area contributed by atoms with Gasteiger partial charge in [-0.1, -0.05) is 0 Å². The third-order valence-corrected chi connectivity index (χ3v) is 2.40. The molecule has 2 rings (SSSR count). The summed E-state index contributed by atoms with van der Waals surface area (Å²) in [5.74, 6) is 0. The van der Waals surface area contributed by atoms with E-state index in [9.17, 15) is 0 Å². The van der Waals surface area contributed by atoms with E-state index in [2.05, 4.69) is 27.2 Å². The smallest absolute Gasteiger partial charge is 0.115 e. The number of hydrogen-bond donors (Lipinski definition) is 1. The summed E-state index contributed by atoms with van der Waals surface area (Å²) in [6, 6.07) is 3.94. The van der Waals surface area contributed by atoms with Gasteiger partial charge >= 0.3 is 0 Å². The number of aromatic nitrogens is 3. The molecule has 0 aliphatic heterocycles. The normalized spacial score (nSPS) is 10.3. The summed E-state index contributed by atoms with van der Waals surface area (Å²) < 4.78 is 0. The maximum atomic E-state index is 4.15. The van der Waals surface area contributed by atoms with Crippen LogP contribution in [0, 0.1) is 6.92 Å². The van der Waals surface area contributed by atoms with Gasteiger partial charge in [0.25, 0.3) is 0 Å². The van der Waals surface area contributed by atoms with Crippen molar-refractivity contribution in [1.29, 1.82) is 0 Å². The number of nitrogens with one attached hydrogen (secondary N) is 1. The summed E-state index contributed by atoms with van der Waals surface area (Å²) in [7, 11) is 0. The summed E-state index contributed by atoms with van der Waals surface area (Å²) >= 11 is 0. The van der Waals surface area contributed by atoms with Crippen LogP contribution in [0.4, 0.5) is 0 Å². The highest BCUT2D eigenvalue weighted by atomic mass is 14.9. The van der Waals surface area contributed by atoms with Gasteiger partial charge in [0.15, 0.2) is 0 Å². The van der Waals surface area contributed by atoms with Crippen molar-refractivity contribution >= 4 is 0 Å².